The van der Waals surface area contributed by atoms with E-state index < -0.39 is 5.60 Å². The number of nitrogens with one attached hydrogen (secondary N) is 1. The Morgan fingerprint density at radius 3 is 2.47 bits per heavy atom. The van der Waals surface area contributed by atoms with Crippen molar-refractivity contribution in [2.45, 2.75) is 71.3 Å². The number of likely N-dealkylation sites (tertiary alicyclic amines) is 1. The van der Waals surface area contributed by atoms with Crippen molar-refractivity contribution in [3.05, 3.63) is 57.5 Å². The first-order chi connectivity index (χ1) is 15.9. The van der Waals surface area contributed by atoms with Crippen LogP contribution < -0.4 is 5.56 Å². The fourth-order valence-corrected chi connectivity index (χ4v) is 5.27. The van der Waals surface area contributed by atoms with Gasteiger partial charge < -0.3 is 19.6 Å². The monoisotopic (exact) mass is 463 g/mol. The summed E-state index contributed by atoms with van der Waals surface area (Å²) in [7, 11) is 1.80. The van der Waals surface area contributed by atoms with Gasteiger partial charge in [0.15, 0.2) is 0 Å². The number of aromatic nitrogens is 2. The molecule has 0 bridgehead atoms. The molecule has 2 aromatic heterocycles. The Morgan fingerprint density at radius 1 is 1.21 bits per heavy atom. The fraction of sp³-hybridized carbons (Fsp3) is 0.500. The van der Waals surface area contributed by atoms with Crippen LogP contribution in [0.1, 0.15) is 75.5 Å². The molecule has 6 heteroatoms. The Morgan fingerprint density at radius 2 is 1.88 bits per heavy atom. The van der Waals surface area contributed by atoms with E-state index >= 15 is 0 Å². The molecule has 3 heterocycles. The molecule has 6 nitrogen and oxygen atoms in total. The first-order valence-corrected chi connectivity index (χ1v) is 12.3. The second-order valence-corrected chi connectivity index (χ2v) is 10.8. The van der Waals surface area contributed by atoms with Gasteiger partial charge in [-0.3, -0.25) is 9.59 Å². The third-order valence-electron chi connectivity index (χ3n) is 6.99. The summed E-state index contributed by atoms with van der Waals surface area (Å²) in [5, 5.41) is 11.2. The standard InChI is InChI=1S/C28H37N3O3/c1-17(2)25-22-14-20(19-9-11-31(12-10-19)24(32)15-28(4,5)34)7-8-23(22)29-26(25)21-13-18(3)27(33)30(6)16-21/h7-8,13-14,16-17,19,29,34H,9-12,15H2,1-6H3. The smallest absolute Gasteiger partial charge is 0.253 e. The number of piperidine rings is 1. The van der Waals surface area contributed by atoms with Gasteiger partial charge in [-0.05, 0) is 74.8 Å². The van der Waals surface area contributed by atoms with Gasteiger partial charge in [0.25, 0.3) is 5.56 Å². The van der Waals surface area contributed by atoms with Gasteiger partial charge in [-0.15, -0.1) is 0 Å². The van der Waals surface area contributed by atoms with E-state index in [1.807, 2.05) is 24.1 Å². The number of carbonyl (C=O) groups is 1. The van der Waals surface area contributed by atoms with Gasteiger partial charge in [0.1, 0.15) is 0 Å². The van der Waals surface area contributed by atoms with E-state index in [0.717, 1.165) is 48.3 Å². The topological polar surface area (TPSA) is 78.3 Å². The number of nitrogens with zero attached hydrogens (tertiary/aromatic N) is 2. The first kappa shape index (κ1) is 24.3. The van der Waals surface area contributed by atoms with Crippen LogP contribution in [0.2, 0.25) is 0 Å². The number of aryl methyl sites for hydroxylation is 2. The zero-order valence-corrected chi connectivity index (χ0v) is 21.2. The number of aromatic amines is 1. The van der Waals surface area contributed by atoms with Crippen LogP contribution >= 0.6 is 0 Å². The van der Waals surface area contributed by atoms with Gasteiger partial charge in [-0.25, -0.2) is 0 Å². The maximum atomic E-state index is 12.5. The van der Waals surface area contributed by atoms with E-state index in [1.54, 1.807) is 25.5 Å². The van der Waals surface area contributed by atoms with Crippen LogP contribution in [0.15, 0.2) is 35.3 Å². The Balaban J connectivity index is 1.63. The number of pyridine rings is 1. The second-order valence-electron chi connectivity index (χ2n) is 10.8. The summed E-state index contributed by atoms with van der Waals surface area (Å²) >= 11 is 0. The number of H-pyrrole nitrogens is 1. The van der Waals surface area contributed by atoms with Gasteiger partial charge in [-0.1, -0.05) is 19.9 Å². The summed E-state index contributed by atoms with van der Waals surface area (Å²) in [6.07, 6.45) is 3.93. The Hall–Kier alpha value is -2.86. The first-order valence-electron chi connectivity index (χ1n) is 12.3. The van der Waals surface area contributed by atoms with E-state index in [0.29, 0.717) is 11.8 Å². The van der Waals surface area contributed by atoms with Crippen molar-refractivity contribution in [3.8, 4) is 11.3 Å². The van der Waals surface area contributed by atoms with Gasteiger partial charge in [0.2, 0.25) is 5.91 Å². The van der Waals surface area contributed by atoms with Crippen LogP contribution in [-0.4, -0.2) is 44.2 Å². The quantitative estimate of drug-likeness (QED) is 0.569. The summed E-state index contributed by atoms with van der Waals surface area (Å²) < 4.78 is 1.65. The van der Waals surface area contributed by atoms with Gasteiger partial charge >= 0.3 is 0 Å². The molecule has 182 valence electrons. The maximum Gasteiger partial charge on any atom is 0.253 e. The minimum absolute atomic E-state index is 0.0284. The molecule has 1 fully saturated rings. The van der Waals surface area contributed by atoms with E-state index in [2.05, 4.69) is 37.0 Å². The molecular weight excluding hydrogens is 426 g/mol. The average Bonchev–Trinajstić information content (AvgIpc) is 3.15. The van der Waals surface area contributed by atoms with E-state index in [9.17, 15) is 14.7 Å². The summed E-state index contributed by atoms with van der Waals surface area (Å²) in [5.74, 6) is 0.762. The number of aliphatic hydroxyl groups is 1. The number of fused-ring (bicyclic) bond motifs is 1. The molecule has 0 radical (unpaired) electrons. The Kier molecular flexibility index (Phi) is 6.47. The van der Waals surface area contributed by atoms with E-state index in [4.69, 9.17) is 0 Å². The molecule has 4 rings (SSSR count). The predicted molar refractivity (Wildman–Crippen MR) is 137 cm³/mol. The summed E-state index contributed by atoms with van der Waals surface area (Å²) in [4.78, 5) is 30.2. The second kappa shape index (κ2) is 9.06. The SMILES string of the molecule is Cc1cc(-c2[nH]c3ccc(C4CCN(C(=O)CC(C)(C)O)CC4)cc3c2C(C)C)cn(C)c1=O. The van der Waals surface area contributed by atoms with Crippen LogP contribution in [0.5, 0.6) is 0 Å². The highest BCUT2D eigenvalue weighted by Crippen LogP contribution is 2.38. The maximum absolute atomic E-state index is 12.5. The lowest BCUT2D eigenvalue weighted by molar-refractivity contribution is -0.136. The number of benzene rings is 1. The fourth-order valence-electron chi connectivity index (χ4n) is 5.27. The summed E-state index contributed by atoms with van der Waals surface area (Å²) in [6.45, 7) is 11.1. The molecule has 1 aliphatic heterocycles. The van der Waals surface area contributed by atoms with Gasteiger partial charge in [0, 0.05) is 48.4 Å². The molecule has 0 unspecified atom stereocenters. The van der Waals surface area contributed by atoms with Crippen LogP contribution in [0.4, 0.5) is 0 Å². The molecule has 1 saturated heterocycles. The molecule has 0 saturated carbocycles. The number of amides is 1. The molecular formula is C28H37N3O3. The van der Waals surface area contributed by atoms with Crippen molar-refractivity contribution in [1.29, 1.82) is 0 Å². The number of rotatable bonds is 5. The normalized spacial score (nSPS) is 15.5. The summed E-state index contributed by atoms with van der Waals surface area (Å²) in [5.41, 5.74) is 5.58. The molecule has 34 heavy (non-hydrogen) atoms. The van der Waals surface area contributed by atoms with E-state index in [1.165, 1.54) is 16.5 Å². The van der Waals surface area contributed by atoms with Crippen molar-refractivity contribution in [1.82, 2.24) is 14.5 Å². The predicted octanol–water partition coefficient (Wildman–Crippen LogP) is 4.83. The van der Waals surface area contributed by atoms with Gasteiger partial charge in [-0.2, -0.15) is 0 Å². The lowest BCUT2D eigenvalue weighted by Gasteiger charge is -2.33. The Bertz CT molecular complexity index is 1240. The number of hydrogen-bond acceptors (Lipinski definition) is 3. The van der Waals surface area contributed by atoms with Crippen molar-refractivity contribution < 1.29 is 9.90 Å². The number of hydrogen-bond donors (Lipinski definition) is 2. The molecule has 2 N–H and O–H groups in total. The van der Waals surface area contributed by atoms with Crippen molar-refractivity contribution in [2.75, 3.05) is 13.1 Å². The minimum atomic E-state index is -0.970. The highest BCUT2D eigenvalue weighted by molar-refractivity contribution is 5.92. The third kappa shape index (κ3) is 4.83. The molecule has 0 aliphatic carbocycles. The average molecular weight is 464 g/mol. The zero-order chi connectivity index (χ0) is 24.8. The zero-order valence-electron chi connectivity index (χ0n) is 21.2. The molecule has 3 aromatic rings. The van der Waals surface area contributed by atoms with Crippen LogP contribution in [0, 0.1) is 6.92 Å². The molecule has 0 spiro atoms. The van der Waals surface area contributed by atoms with Crippen molar-refractivity contribution in [2.24, 2.45) is 7.05 Å². The lowest BCUT2D eigenvalue weighted by atomic mass is 9.87. The van der Waals surface area contributed by atoms with Crippen LogP contribution in [-0.2, 0) is 11.8 Å². The highest BCUT2D eigenvalue weighted by Gasteiger charge is 2.28. The van der Waals surface area contributed by atoms with Crippen LogP contribution in [0.25, 0.3) is 22.2 Å². The third-order valence-corrected chi connectivity index (χ3v) is 6.99. The van der Waals surface area contributed by atoms with E-state index in [-0.39, 0.29) is 17.9 Å². The minimum Gasteiger partial charge on any atom is -0.390 e. The van der Waals surface area contributed by atoms with Crippen molar-refractivity contribution >= 4 is 16.8 Å². The number of carbonyl (C=O) groups excluding carboxylic acids is 1. The molecule has 1 aromatic carbocycles. The van der Waals surface area contributed by atoms with Gasteiger partial charge in [0.05, 0.1) is 17.7 Å². The largest absolute Gasteiger partial charge is 0.390 e. The molecule has 1 amide bonds. The lowest BCUT2D eigenvalue weighted by Crippen LogP contribution is -2.41. The van der Waals surface area contributed by atoms with Crippen LogP contribution in [0.3, 0.4) is 0 Å². The summed E-state index contributed by atoms with van der Waals surface area (Å²) in [6, 6.07) is 8.66. The van der Waals surface area contributed by atoms with Crippen molar-refractivity contribution in [3.63, 3.8) is 0 Å². The molecule has 0 atom stereocenters. The highest BCUT2D eigenvalue weighted by atomic mass is 16.3. The Labute approximate surface area is 201 Å². The molecule has 1 aliphatic rings.